The first-order valence-corrected chi connectivity index (χ1v) is 8.83. The average Bonchev–Trinajstić information content (AvgIpc) is 3.55. The smallest absolute Gasteiger partial charge is 0.398 e. The molecule has 28 heavy (non-hydrogen) atoms. The summed E-state index contributed by atoms with van der Waals surface area (Å²) in [6.45, 7) is 0. The molecule has 0 unspecified atom stereocenters. The minimum Gasteiger partial charge on any atom is -0.398 e. The third-order valence-corrected chi connectivity index (χ3v) is 4.38. The molecule has 0 aliphatic heterocycles. The van der Waals surface area contributed by atoms with Gasteiger partial charge in [0, 0.05) is 35.6 Å². The van der Waals surface area contributed by atoms with Crippen molar-refractivity contribution in [1.29, 1.82) is 5.41 Å². The Morgan fingerprint density at radius 1 is 1.21 bits per heavy atom. The van der Waals surface area contributed by atoms with Gasteiger partial charge in [0.25, 0.3) is 0 Å². The van der Waals surface area contributed by atoms with Crippen molar-refractivity contribution in [1.82, 2.24) is 15.4 Å². The average molecular weight is 394 g/mol. The highest BCUT2D eigenvalue weighted by Crippen LogP contribution is 2.45. The zero-order valence-corrected chi connectivity index (χ0v) is 14.9. The third-order valence-electron chi connectivity index (χ3n) is 4.38. The first-order valence-electron chi connectivity index (χ1n) is 8.83. The minimum atomic E-state index is -4.46. The fourth-order valence-corrected chi connectivity index (χ4v) is 2.53. The number of hydroxylamine groups is 1. The maximum Gasteiger partial charge on any atom is 0.419 e. The SMILES string of the molecule is N=Cc1c(N)cccc1Nc1ncc(C(F)(F)F)c(C2CC2)n1.ONC1CC1. The number of alkyl halides is 3. The van der Waals surface area contributed by atoms with Gasteiger partial charge in [-0.2, -0.15) is 13.2 Å². The molecular weight excluding hydrogens is 373 g/mol. The predicted molar refractivity (Wildman–Crippen MR) is 99.0 cm³/mol. The number of aromatic nitrogens is 2. The summed E-state index contributed by atoms with van der Waals surface area (Å²) < 4.78 is 39.1. The summed E-state index contributed by atoms with van der Waals surface area (Å²) in [5.74, 6) is -0.105. The lowest BCUT2D eigenvalue weighted by atomic mass is 10.1. The van der Waals surface area contributed by atoms with Crippen molar-refractivity contribution in [3.8, 4) is 0 Å². The van der Waals surface area contributed by atoms with Gasteiger partial charge in [0.15, 0.2) is 0 Å². The Hall–Kier alpha value is -2.72. The quantitative estimate of drug-likeness (QED) is 0.299. The van der Waals surface area contributed by atoms with E-state index in [0.717, 1.165) is 25.3 Å². The van der Waals surface area contributed by atoms with Crippen LogP contribution in [-0.4, -0.2) is 27.4 Å². The maximum atomic E-state index is 13.0. The Morgan fingerprint density at radius 3 is 2.43 bits per heavy atom. The van der Waals surface area contributed by atoms with Gasteiger partial charge in [-0.3, -0.25) is 0 Å². The van der Waals surface area contributed by atoms with Crippen LogP contribution in [0.1, 0.15) is 48.4 Å². The maximum absolute atomic E-state index is 13.0. The predicted octanol–water partition coefficient (Wildman–Crippen LogP) is 3.82. The Bertz CT molecular complexity index is 850. The normalized spacial score (nSPS) is 16.1. The van der Waals surface area contributed by atoms with E-state index in [0.29, 0.717) is 35.8 Å². The van der Waals surface area contributed by atoms with E-state index >= 15 is 0 Å². The van der Waals surface area contributed by atoms with E-state index in [1.165, 1.54) is 0 Å². The van der Waals surface area contributed by atoms with Gasteiger partial charge in [-0.1, -0.05) is 6.07 Å². The Kier molecular flexibility index (Phi) is 5.80. The molecule has 1 aromatic heterocycles. The van der Waals surface area contributed by atoms with Gasteiger partial charge in [-0.05, 0) is 37.8 Å². The number of anilines is 3. The largest absolute Gasteiger partial charge is 0.419 e. The zero-order chi connectivity index (χ0) is 20.3. The van der Waals surface area contributed by atoms with E-state index in [1.54, 1.807) is 18.2 Å². The number of hydrogen-bond donors (Lipinski definition) is 5. The van der Waals surface area contributed by atoms with Crippen LogP contribution in [0.2, 0.25) is 0 Å². The summed E-state index contributed by atoms with van der Waals surface area (Å²) in [5, 5.41) is 18.2. The summed E-state index contributed by atoms with van der Waals surface area (Å²) in [6, 6.07) is 5.41. The number of rotatable bonds is 5. The number of nitrogens with zero attached hydrogens (tertiary/aromatic N) is 2. The molecule has 10 heteroatoms. The number of halogens is 3. The first kappa shape index (κ1) is 20.0. The molecule has 7 nitrogen and oxygen atoms in total. The highest BCUT2D eigenvalue weighted by Gasteiger charge is 2.40. The molecule has 4 rings (SSSR count). The standard InChI is InChI=1S/C15H14F3N5.C3H7NO/c16-15(17,18)10-7-21-14(23-13(10)8-4-5-8)22-12-3-1-2-11(20)9(12)6-19;5-4-3-1-2-3/h1-3,6-8,19H,4-5,20H2,(H,21,22,23);3-5H,1-2H2. The Morgan fingerprint density at radius 2 is 1.93 bits per heavy atom. The highest BCUT2D eigenvalue weighted by atomic mass is 19.4. The Balaban J connectivity index is 0.000000391. The third kappa shape index (κ3) is 4.96. The molecule has 6 N–H and O–H groups in total. The molecule has 0 amide bonds. The van der Waals surface area contributed by atoms with Gasteiger partial charge in [0.2, 0.25) is 5.95 Å². The van der Waals surface area contributed by atoms with Gasteiger partial charge in [-0.25, -0.2) is 15.4 Å². The van der Waals surface area contributed by atoms with Gasteiger partial charge >= 0.3 is 6.18 Å². The summed E-state index contributed by atoms with van der Waals surface area (Å²) >= 11 is 0. The summed E-state index contributed by atoms with van der Waals surface area (Å²) in [5.41, 5.74) is 8.45. The molecule has 2 aliphatic rings. The van der Waals surface area contributed by atoms with Crippen molar-refractivity contribution in [3.05, 3.63) is 41.2 Å². The van der Waals surface area contributed by atoms with E-state index in [1.807, 2.05) is 0 Å². The monoisotopic (exact) mass is 394 g/mol. The number of nitrogen functional groups attached to an aromatic ring is 1. The highest BCUT2D eigenvalue weighted by molar-refractivity contribution is 5.93. The molecule has 1 aromatic carbocycles. The zero-order valence-electron chi connectivity index (χ0n) is 14.9. The van der Waals surface area contributed by atoms with Crippen molar-refractivity contribution in [2.24, 2.45) is 0 Å². The van der Waals surface area contributed by atoms with Crippen molar-refractivity contribution >= 4 is 23.5 Å². The van der Waals surface area contributed by atoms with Gasteiger partial charge in [-0.15, -0.1) is 0 Å². The van der Waals surface area contributed by atoms with Crippen LogP contribution in [0.4, 0.5) is 30.5 Å². The fourth-order valence-electron chi connectivity index (χ4n) is 2.53. The molecule has 0 saturated heterocycles. The van der Waals surface area contributed by atoms with E-state index < -0.39 is 11.7 Å². The molecule has 0 radical (unpaired) electrons. The van der Waals surface area contributed by atoms with Crippen LogP contribution in [0.3, 0.4) is 0 Å². The van der Waals surface area contributed by atoms with Crippen LogP contribution in [0, 0.1) is 5.41 Å². The second-order valence-electron chi connectivity index (χ2n) is 6.75. The molecular formula is C18H21F3N6O. The van der Waals surface area contributed by atoms with Crippen LogP contribution < -0.4 is 16.5 Å². The van der Waals surface area contributed by atoms with E-state index in [9.17, 15) is 13.2 Å². The van der Waals surface area contributed by atoms with Gasteiger partial charge < -0.3 is 21.7 Å². The summed E-state index contributed by atoms with van der Waals surface area (Å²) in [7, 11) is 0. The molecule has 2 saturated carbocycles. The van der Waals surface area contributed by atoms with Crippen molar-refractivity contribution in [2.45, 2.75) is 43.8 Å². The number of nitrogens with two attached hydrogens (primary N) is 1. The minimum absolute atomic E-state index is 0.0234. The van der Waals surface area contributed by atoms with Crippen LogP contribution in [0.15, 0.2) is 24.4 Å². The molecule has 0 bridgehead atoms. The van der Waals surface area contributed by atoms with Crippen molar-refractivity contribution < 1.29 is 18.4 Å². The van der Waals surface area contributed by atoms with E-state index in [4.69, 9.17) is 16.4 Å². The van der Waals surface area contributed by atoms with Gasteiger partial charge in [0.1, 0.15) is 0 Å². The molecule has 2 aromatic rings. The second-order valence-corrected chi connectivity index (χ2v) is 6.75. The van der Waals surface area contributed by atoms with Gasteiger partial charge in [0.05, 0.1) is 16.9 Å². The number of benzene rings is 1. The lowest BCUT2D eigenvalue weighted by molar-refractivity contribution is -0.138. The molecule has 2 fully saturated rings. The molecule has 0 atom stereocenters. The van der Waals surface area contributed by atoms with Crippen LogP contribution >= 0.6 is 0 Å². The summed E-state index contributed by atoms with van der Waals surface area (Å²) in [6.07, 6.45) is 1.11. The number of hydrogen-bond acceptors (Lipinski definition) is 7. The van der Waals surface area contributed by atoms with E-state index in [2.05, 4.69) is 20.8 Å². The topological polar surface area (TPSA) is 120 Å². The first-order chi connectivity index (χ1) is 13.3. The van der Waals surface area contributed by atoms with E-state index in [-0.39, 0.29) is 17.6 Å². The summed E-state index contributed by atoms with van der Waals surface area (Å²) in [4.78, 5) is 7.80. The molecule has 0 spiro atoms. The molecule has 2 aliphatic carbocycles. The lowest BCUT2D eigenvalue weighted by Crippen LogP contribution is -2.13. The van der Waals surface area contributed by atoms with Crippen LogP contribution in [0.5, 0.6) is 0 Å². The fraction of sp³-hybridized carbons (Fsp3) is 0.389. The van der Waals surface area contributed by atoms with Crippen molar-refractivity contribution in [2.75, 3.05) is 11.1 Å². The molecule has 150 valence electrons. The van der Waals surface area contributed by atoms with Crippen LogP contribution in [0.25, 0.3) is 0 Å². The molecule has 1 heterocycles. The number of nitrogens with one attached hydrogen (secondary N) is 3. The van der Waals surface area contributed by atoms with Crippen molar-refractivity contribution in [3.63, 3.8) is 0 Å². The van der Waals surface area contributed by atoms with Crippen LogP contribution in [-0.2, 0) is 6.18 Å². The lowest BCUT2D eigenvalue weighted by Gasteiger charge is -2.14. The Labute approximate surface area is 159 Å². The second kappa shape index (κ2) is 8.11.